The molecule has 104 valence electrons. The Morgan fingerprint density at radius 2 is 2.26 bits per heavy atom. The number of aromatic nitrogens is 1. The van der Waals surface area contributed by atoms with Crippen molar-refractivity contribution in [1.82, 2.24) is 15.2 Å². The van der Waals surface area contributed by atoms with E-state index in [1.165, 1.54) is 0 Å². The van der Waals surface area contributed by atoms with E-state index in [2.05, 4.69) is 29.2 Å². The van der Waals surface area contributed by atoms with Crippen LogP contribution >= 0.6 is 0 Å². The third kappa shape index (κ3) is 3.44. The number of aryl methyl sites for hydroxylation is 1. The lowest BCUT2D eigenvalue weighted by Crippen LogP contribution is -2.48. The summed E-state index contributed by atoms with van der Waals surface area (Å²) in [6.07, 6.45) is 0.989. The summed E-state index contributed by atoms with van der Waals surface area (Å²) in [5, 5.41) is 3.11. The lowest BCUT2D eigenvalue weighted by atomic mass is 9.94. The molecule has 5 heteroatoms. The van der Waals surface area contributed by atoms with Gasteiger partial charge in [-0.15, -0.1) is 0 Å². The second-order valence-electron chi connectivity index (χ2n) is 5.53. The standard InChI is InChI=1S/C14H22N4O/c1-9-8-18(3)5-4-12(9)17-14(19)11-6-10(2)16-13(15)7-11/h6-7,9,12H,4-5,8H2,1-3H3,(H2,15,16)(H,17,19). The highest BCUT2D eigenvalue weighted by molar-refractivity contribution is 5.95. The number of nitrogens with zero attached hydrogens (tertiary/aromatic N) is 2. The van der Waals surface area contributed by atoms with Gasteiger partial charge in [-0.2, -0.15) is 0 Å². The van der Waals surface area contributed by atoms with Gasteiger partial charge in [-0.1, -0.05) is 6.92 Å². The van der Waals surface area contributed by atoms with Crippen LogP contribution in [-0.2, 0) is 0 Å². The number of piperidine rings is 1. The lowest BCUT2D eigenvalue weighted by Gasteiger charge is -2.35. The lowest BCUT2D eigenvalue weighted by molar-refractivity contribution is 0.0883. The summed E-state index contributed by atoms with van der Waals surface area (Å²) >= 11 is 0. The smallest absolute Gasteiger partial charge is 0.251 e. The highest BCUT2D eigenvalue weighted by Gasteiger charge is 2.25. The molecule has 5 nitrogen and oxygen atoms in total. The van der Waals surface area contributed by atoms with Crippen molar-refractivity contribution >= 4 is 11.7 Å². The van der Waals surface area contributed by atoms with E-state index in [1.54, 1.807) is 12.1 Å². The molecule has 2 rings (SSSR count). The number of carbonyl (C=O) groups excluding carboxylic acids is 1. The number of rotatable bonds is 2. The first-order valence-corrected chi connectivity index (χ1v) is 6.69. The zero-order valence-corrected chi connectivity index (χ0v) is 11.8. The van der Waals surface area contributed by atoms with Crippen molar-refractivity contribution in [3.63, 3.8) is 0 Å². The van der Waals surface area contributed by atoms with Gasteiger partial charge in [0.2, 0.25) is 0 Å². The average Bonchev–Trinajstić information content (AvgIpc) is 2.31. The average molecular weight is 262 g/mol. The minimum Gasteiger partial charge on any atom is -0.384 e. The molecule has 0 radical (unpaired) electrons. The maximum Gasteiger partial charge on any atom is 0.251 e. The van der Waals surface area contributed by atoms with Gasteiger partial charge < -0.3 is 16.0 Å². The second kappa shape index (κ2) is 5.57. The van der Waals surface area contributed by atoms with E-state index in [4.69, 9.17) is 5.73 Å². The van der Waals surface area contributed by atoms with Crippen LogP contribution in [0.15, 0.2) is 12.1 Å². The van der Waals surface area contributed by atoms with Crippen LogP contribution in [0.5, 0.6) is 0 Å². The third-order valence-corrected chi connectivity index (χ3v) is 3.66. The largest absolute Gasteiger partial charge is 0.384 e. The van der Waals surface area contributed by atoms with Crippen LogP contribution in [0.2, 0.25) is 0 Å². The SMILES string of the molecule is Cc1cc(C(=O)NC2CCN(C)CC2C)cc(N)n1. The Bertz CT molecular complexity index is 454. The third-order valence-electron chi connectivity index (χ3n) is 3.66. The maximum absolute atomic E-state index is 12.2. The Hall–Kier alpha value is -1.62. The minimum absolute atomic E-state index is 0.0568. The van der Waals surface area contributed by atoms with Crippen molar-refractivity contribution < 1.29 is 4.79 Å². The predicted octanol–water partition coefficient (Wildman–Crippen LogP) is 1.04. The zero-order valence-electron chi connectivity index (χ0n) is 11.8. The number of likely N-dealkylation sites (tertiary alicyclic amines) is 1. The van der Waals surface area contributed by atoms with Crippen molar-refractivity contribution in [3.8, 4) is 0 Å². The molecule has 1 aromatic heterocycles. The van der Waals surface area contributed by atoms with Gasteiger partial charge in [-0.3, -0.25) is 4.79 Å². The molecule has 1 aliphatic heterocycles. The van der Waals surface area contributed by atoms with Gasteiger partial charge >= 0.3 is 0 Å². The number of carbonyl (C=O) groups is 1. The summed E-state index contributed by atoms with van der Waals surface area (Å²) in [4.78, 5) is 18.6. The Labute approximate surface area is 114 Å². The Morgan fingerprint density at radius 1 is 1.53 bits per heavy atom. The summed E-state index contributed by atoms with van der Waals surface area (Å²) in [6, 6.07) is 3.63. The molecule has 0 aliphatic carbocycles. The van der Waals surface area contributed by atoms with Crippen LogP contribution in [0.25, 0.3) is 0 Å². The van der Waals surface area contributed by atoms with Crippen LogP contribution in [0.3, 0.4) is 0 Å². The van der Waals surface area contributed by atoms with Crippen LogP contribution in [0.1, 0.15) is 29.4 Å². The Balaban J connectivity index is 2.04. The Morgan fingerprint density at radius 3 is 2.89 bits per heavy atom. The van der Waals surface area contributed by atoms with Gasteiger partial charge in [-0.05, 0) is 45.0 Å². The topological polar surface area (TPSA) is 71.2 Å². The fourth-order valence-corrected chi connectivity index (χ4v) is 2.65. The number of pyridine rings is 1. The van der Waals surface area contributed by atoms with Gasteiger partial charge in [-0.25, -0.2) is 4.98 Å². The van der Waals surface area contributed by atoms with Crippen LogP contribution < -0.4 is 11.1 Å². The number of anilines is 1. The number of nitrogens with one attached hydrogen (secondary N) is 1. The molecular weight excluding hydrogens is 240 g/mol. The zero-order chi connectivity index (χ0) is 14.0. The van der Waals surface area contributed by atoms with E-state index in [-0.39, 0.29) is 11.9 Å². The van der Waals surface area contributed by atoms with Crippen LogP contribution in [0, 0.1) is 12.8 Å². The number of nitrogen functional groups attached to an aromatic ring is 1. The molecule has 0 spiro atoms. The quantitative estimate of drug-likeness (QED) is 0.835. The van der Waals surface area contributed by atoms with Crippen LogP contribution in [-0.4, -0.2) is 42.0 Å². The van der Waals surface area contributed by atoms with Gasteiger partial charge in [0.25, 0.3) is 5.91 Å². The van der Waals surface area contributed by atoms with Crippen molar-refractivity contribution in [3.05, 3.63) is 23.4 Å². The van der Waals surface area contributed by atoms with E-state index < -0.39 is 0 Å². The molecule has 19 heavy (non-hydrogen) atoms. The summed E-state index contributed by atoms with van der Waals surface area (Å²) in [5.41, 5.74) is 7.04. The number of hydrogen-bond donors (Lipinski definition) is 2. The van der Waals surface area contributed by atoms with Crippen molar-refractivity contribution in [2.45, 2.75) is 26.3 Å². The summed E-state index contributed by atoms with van der Waals surface area (Å²) in [6.45, 7) is 6.05. The van der Waals surface area contributed by atoms with Crippen LogP contribution in [0.4, 0.5) is 5.82 Å². The molecule has 1 fully saturated rings. The molecule has 1 amide bonds. The first-order valence-electron chi connectivity index (χ1n) is 6.69. The molecule has 0 aromatic carbocycles. The van der Waals surface area contributed by atoms with E-state index in [0.29, 0.717) is 17.3 Å². The first kappa shape index (κ1) is 13.8. The number of nitrogens with two attached hydrogens (primary N) is 1. The van der Waals surface area contributed by atoms with E-state index in [9.17, 15) is 4.79 Å². The van der Waals surface area contributed by atoms with Crippen molar-refractivity contribution in [2.24, 2.45) is 5.92 Å². The molecule has 2 atom stereocenters. The molecule has 1 saturated heterocycles. The molecule has 0 saturated carbocycles. The summed E-state index contributed by atoms with van der Waals surface area (Å²) < 4.78 is 0. The van der Waals surface area contributed by atoms with E-state index >= 15 is 0 Å². The van der Waals surface area contributed by atoms with E-state index in [0.717, 1.165) is 25.2 Å². The highest BCUT2D eigenvalue weighted by atomic mass is 16.1. The van der Waals surface area contributed by atoms with Crippen molar-refractivity contribution in [2.75, 3.05) is 25.9 Å². The molecule has 3 N–H and O–H groups in total. The Kier molecular flexibility index (Phi) is 4.04. The van der Waals surface area contributed by atoms with Gasteiger partial charge in [0, 0.05) is 23.8 Å². The first-order chi connectivity index (χ1) is 8.95. The number of hydrogen-bond acceptors (Lipinski definition) is 4. The predicted molar refractivity (Wildman–Crippen MR) is 75.9 cm³/mol. The maximum atomic E-state index is 12.2. The molecule has 1 aliphatic rings. The normalized spacial score (nSPS) is 24.2. The second-order valence-corrected chi connectivity index (χ2v) is 5.53. The minimum atomic E-state index is -0.0568. The summed E-state index contributed by atoms with van der Waals surface area (Å²) in [5.74, 6) is 0.795. The molecule has 2 unspecified atom stereocenters. The highest BCUT2D eigenvalue weighted by Crippen LogP contribution is 2.16. The molecular formula is C14H22N4O. The van der Waals surface area contributed by atoms with Gasteiger partial charge in [0.05, 0.1) is 0 Å². The molecule has 1 aromatic rings. The van der Waals surface area contributed by atoms with E-state index in [1.807, 2.05) is 6.92 Å². The monoisotopic (exact) mass is 262 g/mol. The van der Waals surface area contributed by atoms with Crippen molar-refractivity contribution in [1.29, 1.82) is 0 Å². The van der Waals surface area contributed by atoms with Gasteiger partial charge in [0.1, 0.15) is 5.82 Å². The molecule has 0 bridgehead atoms. The molecule has 2 heterocycles. The summed E-state index contributed by atoms with van der Waals surface area (Å²) in [7, 11) is 2.11. The fourth-order valence-electron chi connectivity index (χ4n) is 2.65. The van der Waals surface area contributed by atoms with Gasteiger partial charge in [0.15, 0.2) is 0 Å². The number of amides is 1. The fraction of sp³-hybridized carbons (Fsp3) is 0.571.